The van der Waals surface area contributed by atoms with Crippen molar-refractivity contribution in [3.63, 3.8) is 0 Å². The first-order valence-electron chi connectivity index (χ1n) is 14.9. The van der Waals surface area contributed by atoms with Gasteiger partial charge in [0.15, 0.2) is 0 Å². The molecule has 2 fully saturated rings. The lowest BCUT2D eigenvalue weighted by atomic mass is 9.80. The van der Waals surface area contributed by atoms with Gasteiger partial charge in [-0.3, -0.25) is 24.4 Å². The number of piperidine rings is 1. The van der Waals surface area contributed by atoms with Crippen LogP contribution in [0.1, 0.15) is 31.6 Å². The van der Waals surface area contributed by atoms with E-state index in [9.17, 15) is 28.0 Å². The number of benzene rings is 1. The van der Waals surface area contributed by atoms with E-state index in [-0.39, 0.29) is 37.5 Å². The number of rotatable bonds is 6. The fourth-order valence-corrected chi connectivity index (χ4v) is 7.23. The zero-order chi connectivity index (χ0) is 34.1. The van der Waals surface area contributed by atoms with Crippen LogP contribution in [0.2, 0.25) is 5.02 Å². The third-order valence-corrected chi connectivity index (χ3v) is 9.78. The molecule has 4 aromatic rings. The smallest absolute Gasteiger partial charge is 0.475 e. The Bertz CT molecular complexity index is 1860. The Kier molecular flexibility index (Phi) is 9.93. The van der Waals surface area contributed by atoms with Gasteiger partial charge in [-0.1, -0.05) is 11.6 Å². The summed E-state index contributed by atoms with van der Waals surface area (Å²) in [5.41, 5.74) is 3.41. The quantitative estimate of drug-likeness (QED) is 0.248. The number of aliphatic carboxylic acids is 1. The Hall–Kier alpha value is -4.03. The summed E-state index contributed by atoms with van der Waals surface area (Å²) in [5.74, 6) is -3.10. The van der Waals surface area contributed by atoms with Gasteiger partial charge in [0.05, 0.1) is 46.9 Å². The number of hydrogen-bond donors (Lipinski definition) is 2. The second kappa shape index (κ2) is 13.6. The van der Waals surface area contributed by atoms with Crippen molar-refractivity contribution < 1.29 is 32.7 Å². The number of aromatic nitrogens is 2. The number of fused-ring (bicyclic) bond motifs is 2. The van der Waals surface area contributed by atoms with Crippen LogP contribution in [-0.2, 0) is 27.5 Å². The molecule has 3 aromatic heterocycles. The van der Waals surface area contributed by atoms with E-state index in [0.29, 0.717) is 11.6 Å². The summed E-state index contributed by atoms with van der Waals surface area (Å²) in [6, 6.07) is 12.7. The fraction of sp³-hybridized carbons (Fsp3) is 0.406. The summed E-state index contributed by atoms with van der Waals surface area (Å²) < 4.78 is 34.9. The lowest BCUT2D eigenvalue weighted by Crippen LogP contribution is -2.55. The van der Waals surface area contributed by atoms with Crippen molar-refractivity contribution in [2.45, 2.75) is 52.0 Å². The third kappa shape index (κ3) is 7.43. The number of thiophene rings is 1. The summed E-state index contributed by atoms with van der Waals surface area (Å²) in [7, 11) is 0. The number of piperazine rings is 1. The minimum absolute atomic E-state index is 0.137. The molecule has 0 bridgehead atoms. The molecule has 2 saturated heterocycles. The predicted octanol–water partition coefficient (Wildman–Crippen LogP) is 5.68. The van der Waals surface area contributed by atoms with Crippen molar-refractivity contribution in [3.8, 4) is 17.2 Å². The highest BCUT2D eigenvalue weighted by atomic mass is 35.5. The molecule has 1 aromatic carbocycles. The van der Waals surface area contributed by atoms with Gasteiger partial charge in [-0.05, 0) is 70.1 Å². The Morgan fingerprint density at radius 3 is 2.40 bits per heavy atom. The molecule has 6 rings (SSSR count). The highest BCUT2D eigenvalue weighted by molar-refractivity contribution is 7.19. The highest BCUT2D eigenvalue weighted by Gasteiger charge is 2.38. The van der Waals surface area contributed by atoms with Crippen LogP contribution in [0.3, 0.4) is 0 Å². The number of nitrogens with one attached hydrogen (secondary N) is 1. The summed E-state index contributed by atoms with van der Waals surface area (Å²) in [6.45, 7) is 7.00. The number of alkyl halides is 3. The lowest BCUT2D eigenvalue weighted by molar-refractivity contribution is -0.192. The summed E-state index contributed by atoms with van der Waals surface area (Å²) in [5, 5.41) is 22.3. The van der Waals surface area contributed by atoms with Crippen LogP contribution in [0.25, 0.3) is 32.2 Å². The first kappa shape index (κ1) is 34.3. The van der Waals surface area contributed by atoms with Gasteiger partial charge in [0.2, 0.25) is 11.8 Å². The molecular formula is C32H32ClF3N6O4S. The average molecular weight is 689 g/mol. The Morgan fingerprint density at radius 1 is 1.15 bits per heavy atom. The monoisotopic (exact) mass is 688 g/mol. The Balaban J connectivity index is 0.000000559. The van der Waals surface area contributed by atoms with E-state index in [2.05, 4.69) is 33.2 Å². The Labute approximate surface area is 277 Å². The molecule has 0 aliphatic carbocycles. The molecule has 2 N–H and O–H groups in total. The van der Waals surface area contributed by atoms with Crippen LogP contribution >= 0.6 is 22.9 Å². The van der Waals surface area contributed by atoms with Crippen LogP contribution in [0.4, 0.5) is 13.2 Å². The van der Waals surface area contributed by atoms with Crippen molar-refractivity contribution >= 4 is 61.8 Å². The topological polar surface area (TPSA) is 132 Å². The molecule has 2 aliphatic heterocycles. The zero-order valence-electron chi connectivity index (χ0n) is 25.6. The van der Waals surface area contributed by atoms with Crippen molar-refractivity contribution in [2.75, 3.05) is 26.2 Å². The number of carbonyl (C=O) groups excluding carboxylic acids is 2. The first-order valence-corrected chi connectivity index (χ1v) is 16.1. The maximum atomic E-state index is 12.8. The van der Waals surface area contributed by atoms with E-state index in [1.54, 1.807) is 17.5 Å². The van der Waals surface area contributed by atoms with E-state index in [1.165, 1.54) is 4.90 Å². The van der Waals surface area contributed by atoms with E-state index in [1.807, 2.05) is 43.0 Å². The number of pyridine rings is 1. The largest absolute Gasteiger partial charge is 0.490 e. The molecule has 10 nitrogen and oxygen atoms in total. The number of carboxylic acid groups (broad SMARTS) is 1. The molecule has 0 spiro atoms. The maximum Gasteiger partial charge on any atom is 0.490 e. The molecule has 0 radical (unpaired) electrons. The normalized spacial score (nSPS) is 17.2. The fourth-order valence-electron chi connectivity index (χ4n) is 5.87. The Morgan fingerprint density at radius 2 is 1.81 bits per heavy atom. The van der Waals surface area contributed by atoms with Crippen LogP contribution in [0, 0.1) is 16.7 Å². The second-order valence-corrected chi connectivity index (χ2v) is 13.5. The molecular weight excluding hydrogens is 657 g/mol. The number of carboxylic acids is 1. The molecule has 0 atom stereocenters. The van der Waals surface area contributed by atoms with Gasteiger partial charge in [0, 0.05) is 51.4 Å². The molecule has 47 heavy (non-hydrogen) atoms. The number of imide groups is 1. The van der Waals surface area contributed by atoms with Crippen LogP contribution in [0.15, 0.2) is 42.7 Å². The van der Waals surface area contributed by atoms with Gasteiger partial charge < -0.3 is 15.0 Å². The lowest BCUT2D eigenvalue weighted by Gasteiger charge is -2.34. The summed E-state index contributed by atoms with van der Waals surface area (Å²) in [6.07, 6.45) is 0.374. The SMILES string of the molecule is CC(C)N1CC(=O)N(Cc2cc3nccc(-c4cc(Cl)cc5ccn(CC6(C#N)CCNCC6)c45)c3s2)C(=O)C1.O=C(O)C(F)(F)F. The number of halogens is 4. The minimum Gasteiger partial charge on any atom is -0.475 e. The molecule has 2 aliphatic rings. The molecule has 2 amide bonds. The molecule has 15 heteroatoms. The molecule has 0 saturated carbocycles. The number of amides is 2. The average Bonchev–Trinajstić information content (AvgIpc) is 3.62. The first-order chi connectivity index (χ1) is 22.2. The summed E-state index contributed by atoms with van der Waals surface area (Å²) >= 11 is 8.16. The van der Waals surface area contributed by atoms with Crippen LogP contribution < -0.4 is 5.32 Å². The predicted molar refractivity (Wildman–Crippen MR) is 172 cm³/mol. The molecule has 248 valence electrons. The van der Waals surface area contributed by atoms with Gasteiger partial charge in [-0.2, -0.15) is 18.4 Å². The van der Waals surface area contributed by atoms with E-state index >= 15 is 0 Å². The number of hydrogen-bond acceptors (Lipinski definition) is 8. The van der Waals surface area contributed by atoms with Gasteiger partial charge in [-0.25, -0.2) is 4.79 Å². The number of carbonyl (C=O) groups is 3. The zero-order valence-corrected chi connectivity index (χ0v) is 27.2. The van der Waals surface area contributed by atoms with Crippen molar-refractivity contribution in [1.82, 2.24) is 24.7 Å². The summed E-state index contributed by atoms with van der Waals surface area (Å²) in [4.78, 5) is 43.4. The van der Waals surface area contributed by atoms with Gasteiger partial charge in [0.25, 0.3) is 0 Å². The van der Waals surface area contributed by atoms with Crippen molar-refractivity contribution in [1.29, 1.82) is 5.26 Å². The minimum atomic E-state index is -5.08. The van der Waals surface area contributed by atoms with Crippen LogP contribution in [0.5, 0.6) is 0 Å². The van der Waals surface area contributed by atoms with Crippen molar-refractivity contribution in [2.24, 2.45) is 5.41 Å². The van der Waals surface area contributed by atoms with E-state index in [4.69, 9.17) is 21.5 Å². The maximum absolute atomic E-state index is 12.8. The van der Waals surface area contributed by atoms with Gasteiger partial charge in [0.1, 0.15) is 0 Å². The number of nitrogens with zero attached hydrogens (tertiary/aromatic N) is 5. The molecule has 5 heterocycles. The van der Waals surface area contributed by atoms with E-state index in [0.717, 1.165) is 63.1 Å². The highest BCUT2D eigenvalue weighted by Crippen LogP contribution is 2.41. The van der Waals surface area contributed by atoms with Crippen LogP contribution in [-0.4, -0.2) is 80.6 Å². The second-order valence-electron chi connectivity index (χ2n) is 11.9. The molecule has 0 unspecified atom stereocenters. The van der Waals surface area contributed by atoms with E-state index < -0.39 is 17.6 Å². The third-order valence-electron chi connectivity index (χ3n) is 8.41. The number of nitriles is 1. The van der Waals surface area contributed by atoms with Gasteiger partial charge in [-0.15, -0.1) is 11.3 Å². The van der Waals surface area contributed by atoms with Crippen molar-refractivity contribution in [3.05, 3.63) is 52.6 Å². The standard InChI is InChI=1S/C30H31ClN6O2S.C2HF3O2/c1-19(2)36-15-26(38)37(27(39)16-36)14-22-13-25-29(40-22)23(3-7-34-25)24-12-21(31)11-20-4-10-35(28(20)24)18-30(17-32)5-8-33-9-6-30;3-2(4,5)1(6)7/h3-4,7,10-13,19,33H,5-6,8-9,14-16,18H2,1-2H3;(H,6,7). The van der Waals surface area contributed by atoms with Gasteiger partial charge >= 0.3 is 12.1 Å².